The van der Waals surface area contributed by atoms with E-state index < -0.39 is 17.2 Å². The molecule has 0 amide bonds. The molecule has 0 spiro atoms. The van der Waals surface area contributed by atoms with Crippen LogP contribution in [-0.2, 0) is 24.4 Å². The molecule has 0 saturated carbocycles. The van der Waals surface area contributed by atoms with Crippen molar-refractivity contribution in [2.24, 2.45) is 0 Å². The van der Waals surface area contributed by atoms with Crippen molar-refractivity contribution in [2.45, 2.75) is 44.2 Å². The number of hydrogen-bond acceptors (Lipinski definition) is 2. The van der Waals surface area contributed by atoms with E-state index in [0.717, 1.165) is 30.0 Å². The first kappa shape index (κ1) is 16.7. The van der Waals surface area contributed by atoms with Crippen LogP contribution in [0.25, 0.3) is 0 Å². The van der Waals surface area contributed by atoms with Gasteiger partial charge in [-0.25, -0.2) is 0 Å². The molecular weight excluding hydrogens is 317 g/mol. The fourth-order valence-corrected chi connectivity index (χ4v) is 3.72. The maximum Gasteiger partial charge on any atom is 0.416 e. The average molecular weight is 336 g/mol. The fraction of sp³-hybridized carbons (Fsp3) is 0.368. The van der Waals surface area contributed by atoms with Crippen molar-refractivity contribution < 1.29 is 23.4 Å². The minimum absolute atomic E-state index is 0.179. The highest BCUT2D eigenvalue weighted by Crippen LogP contribution is 2.44. The Balaban J connectivity index is 2.10. The number of halogens is 3. The number of rotatable bonds is 1. The summed E-state index contributed by atoms with van der Waals surface area (Å²) < 4.78 is 40.4. The smallest absolute Gasteiger partial charge is 0.416 e. The van der Waals surface area contributed by atoms with Gasteiger partial charge in [-0.2, -0.15) is 13.2 Å². The first-order valence-corrected chi connectivity index (χ1v) is 7.90. The largest absolute Gasteiger partial charge is 0.508 e. The summed E-state index contributed by atoms with van der Waals surface area (Å²) in [5.74, 6) is -0.202. The van der Waals surface area contributed by atoms with Crippen molar-refractivity contribution in [1.82, 2.24) is 0 Å². The maximum absolute atomic E-state index is 13.5. The molecule has 1 aliphatic rings. The van der Waals surface area contributed by atoms with Gasteiger partial charge in [0.05, 0.1) is 5.56 Å². The summed E-state index contributed by atoms with van der Waals surface area (Å²) in [6.45, 7) is 1.84. The molecule has 3 rings (SSSR count). The fourth-order valence-electron chi connectivity index (χ4n) is 3.72. The van der Waals surface area contributed by atoms with E-state index in [0.29, 0.717) is 12.8 Å². The van der Waals surface area contributed by atoms with Crippen LogP contribution in [0.5, 0.6) is 11.5 Å². The molecule has 2 nitrogen and oxygen atoms in total. The molecule has 2 N–H and O–H groups in total. The SMILES string of the molecule is CC1(c2ccc(O)cc2C(F)(F)F)CCCc2cc(O)ccc2C1. The Kier molecular flexibility index (Phi) is 3.98. The van der Waals surface area contributed by atoms with E-state index >= 15 is 0 Å². The van der Waals surface area contributed by atoms with E-state index in [4.69, 9.17) is 0 Å². The Labute approximate surface area is 138 Å². The van der Waals surface area contributed by atoms with Gasteiger partial charge in [-0.15, -0.1) is 0 Å². The highest BCUT2D eigenvalue weighted by atomic mass is 19.4. The minimum Gasteiger partial charge on any atom is -0.508 e. The zero-order chi connectivity index (χ0) is 17.5. The van der Waals surface area contributed by atoms with Crippen molar-refractivity contribution in [2.75, 3.05) is 0 Å². The van der Waals surface area contributed by atoms with Gasteiger partial charge in [0, 0.05) is 0 Å². The van der Waals surface area contributed by atoms with Crippen LogP contribution in [0, 0.1) is 0 Å². The summed E-state index contributed by atoms with van der Waals surface area (Å²) >= 11 is 0. The van der Waals surface area contributed by atoms with Crippen LogP contribution in [0.2, 0.25) is 0 Å². The third-order valence-corrected chi connectivity index (χ3v) is 4.90. The molecule has 0 fully saturated rings. The lowest BCUT2D eigenvalue weighted by molar-refractivity contribution is -0.138. The second-order valence-corrected chi connectivity index (χ2v) is 6.77. The number of fused-ring (bicyclic) bond motifs is 1. The number of phenols is 2. The molecule has 1 unspecified atom stereocenters. The second-order valence-electron chi connectivity index (χ2n) is 6.77. The average Bonchev–Trinajstić information content (AvgIpc) is 2.65. The van der Waals surface area contributed by atoms with Crippen molar-refractivity contribution >= 4 is 0 Å². The second kappa shape index (κ2) is 5.72. The molecule has 1 aliphatic carbocycles. The molecule has 24 heavy (non-hydrogen) atoms. The van der Waals surface area contributed by atoms with Crippen LogP contribution in [0.3, 0.4) is 0 Å². The van der Waals surface area contributed by atoms with Crippen molar-refractivity contribution in [3.63, 3.8) is 0 Å². The first-order valence-electron chi connectivity index (χ1n) is 7.90. The molecule has 0 saturated heterocycles. The lowest BCUT2D eigenvalue weighted by Crippen LogP contribution is -2.28. The molecule has 2 aromatic rings. The molecule has 0 aromatic heterocycles. The molecule has 2 aromatic carbocycles. The Bertz CT molecular complexity index is 768. The number of aryl methyl sites for hydroxylation is 1. The van der Waals surface area contributed by atoms with E-state index in [-0.39, 0.29) is 17.1 Å². The monoisotopic (exact) mass is 336 g/mol. The molecule has 0 bridgehead atoms. The maximum atomic E-state index is 13.5. The predicted molar refractivity (Wildman–Crippen MR) is 85.2 cm³/mol. The van der Waals surface area contributed by atoms with E-state index in [2.05, 4.69) is 0 Å². The molecule has 5 heteroatoms. The zero-order valence-corrected chi connectivity index (χ0v) is 13.3. The summed E-state index contributed by atoms with van der Waals surface area (Å²) in [5.41, 5.74) is 0.724. The van der Waals surface area contributed by atoms with Crippen LogP contribution in [0.4, 0.5) is 13.2 Å². The number of aromatic hydroxyl groups is 2. The van der Waals surface area contributed by atoms with Gasteiger partial charge in [-0.1, -0.05) is 19.1 Å². The standard InChI is InChI=1S/C19H19F3O2/c1-18(16-7-6-15(24)10-17(16)19(20,21)22)8-2-3-12-9-14(23)5-4-13(12)11-18/h4-7,9-10,23-24H,2-3,8,11H2,1H3. The summed E-state index contributed by atoms with van der Waals surface area (Å²) in [6, 6.07) is 8.59. The van der Waals surface area contributed by atoms with Gasteiger partial charge < -0.3 is 10.2 Å². The number of hydrogen-bond donors (Lipinski definition) is 2. The Morgan fingerprint density at radius 3 is 2.33 bits per heavy atom. The molecule has 1 atom stereocenters. The summed E-state index contributed by atoms with van der Waals surface area (Å²) in [4.78, 5) is 0. The predicted octanol–water partition coefficient (Wildman–Crippen LogP) is 4.95. The first-order chi connectivity index (χ1) is 11.2. The Morgan fingerprint density at radius 1 is 0.958 bits per heavy atom. The van der Waals surface area contributed by atoms with Gasteiger partial charge in [0.1, 0.15) is 11.5 Å². The highest BCUT2D eigenvalue weighted by Gasteiger charge is 2.40. The Morgan fingerprint density at radius 2 is 1.62 bits per heavy atom. The van der Waals surface area contributed by atoms with Crippen LogP contribution in [0.15, 0.2) is 36.4 Å². The van der Waals surface area contributed by atoms with Gasteiger partial charge in [0.15, 0.2) is 0 Å². The van der Waals surface area contributed by atoms with E-state index in [1.54, 1.807) is 18.2 Å². The molecule has 0 aliphatic heterocycles. The van der Waals surface area contributed by atoms with E-state index in [1.165, 1.54) is 12.1 Å². The van der Waals surface area contributed by atoms with Crippen LogP contribution in [-0.4, -0.2) is 10.2 Å². The lowest BCUT2D eigenvalue weighted by Gasteiger charge is -2.32. The van der Waals surface area contributed by atoms with Gasteiger partial charge >= 0.3 is 6.18 Å². The van der Waals surface area contributed by atoms with Crippen molar-refractivity contribution in [1.29, 1.82) is 0 Å². The van der Waals surface area contributed by atoms with Gasteiger partial charge in [-0.05, 0) is 72.1 Å². The Hall–Kier alpha value is -2.17. The van der Waals surface area contributed by atoms with Gasteiger partial charge in [-0.3, -0.25) is 0 Å². The van der Waals surface area contributed by atoms with Crippen molar-refractivity contribution in [3.05, 3.63) is 58.7 Å². The minimum atomic E-state index is -4.51. The molecule has 0 radical (unpaired) electrons. The summed E-state index contributed by atoms with van der Waals surface area (Å²) in [5, 5.41) is 19.1. The highest BCUT2D eigenvalue weighted by molar-refractivity contribution is 5.44. The van der Waals surface area contributed by atoms with Crippen LogP contribution >= 0.6 is 0 Å². The summed E-state index contributed by atoms with van der Waals surface area (Å²) in [7, 11) is 0. The van der Waals surface area contributed by atoms with E-state index in [1.807, 2.05) is 6.92 Å². The number of benzene rings is 2. The summed E-state index contributed by atoms with van der Waals surface area (Å²) in [6.07, 6.45) is -1.96. The normalized spacial score (nSPS) is 21.2. The molecule has 128 valence electrons. The van der Waals surface area contributed by atoms with Crippen molar-refractivity contribution in [3.8, 4) is 11.5 Å². The quantitative estimate of drug-likeness (QED) is 0.723. The molecule has 0 heterocycles. The lowest BCUT2D eigenvalue weighted by atomic mass is 9.73. The molecular formula is C19H19F3O2. The van der Waals surface area contributed by atoms with Crippen LogP contribution < -0.4 is 0 Å². The number of phenolic OH excluding ortho intramolecular Hbond substituents is 2. The van der Waals surface area contributed by atoms with Gasteiger partial charge in [0.2, 0.25) is 0 Å². The van der Waals surface area contributed by atoms with Crippen LogP contribution in [0.1, 0.15) is 42.0 Å². The van der Waals surface area contributed by atoms with E-state index in [9.17, 15) is 23.4 Å². The number of alkyl halides is 3. The third kappa shape index (κ3) is 3.07. The topological polar surface area (TPSA) is 40.5 Å². The zero-order valence-electron chi connectivity index (χ0n) is 13.3. The van der Waals surface area contributed by atoms with Gasteiger partial charge in [0.25, 0.3) is 0 Å². The third-order valence-electron chi connectivity index (χ3n) is 4.90.